The number of rotatable bonds is 3. The molecular weight excluding hydrogens is 285 g/mol. The van der Waals surface area contributed by atoms with E-state index >= 15 is 0 Å². The van der Waals surface area contributed by atoms with E-state index in [1.54, 1.807) is 23.1 Å². The molecule has 0 spiro atoms. The lowest BCUT2D eigenvalue weighted by Gasteiger charge is -2.27. The lowest BCUT2D eigenvalue weighted by molar-refractivity contribution is 0.0580. The van der Waals surface area contributed by atoms with Crippen molar-refractivity contribution in [3.05, 3.63) is 28.2 Å². The molecule has 19 heavy (non-hydrogen) atoms. The van der Waals surface area contributed by atoms with E-state index in [1.807, 2.05) is 27.7 Å². The lowest BCUT2D eigenvalue weighted by Crippen LogP contribution is -2.37. The Morgan fingerprint density at radius 3 is 2.16 bits per heavy atom. The van der Waals surface area contributed by atoms with Crippen LogP contribution in [-0.4, -0.2) is 18.2 Å². The predicted molar refractivity (Wildman–Crippen MR) is 80.3 cm³/mol. The normalized spacial score (nSPS) is 11.3. The molecule has 1 aromatic rings. The molecule has 5 heteroatoms. The van der Waals surface area contributed by atoms with Crippen molar-refractivity contribution < 1.29 is 9.53 Å². The van der Waals surface area contributed by atoms with Crippen LogP contribution in [0.3, 0.4) is 0 Å². The van der Waals surface area contributed by atoms with Gasteiger partial charge in [0.2, 0.25) is 0 Å². The van der Waals surface area contributed by atoms with Gasteiger partial charge >= 0.3 is 6.09 Å². The van der Waals surface area contributed by atoms with Crippen molar-refractivity contribution in [2.45, 2.75) is 39.7 Å². The number of carbonyl (C=O) groups excluding carboxylic acids is 1. The molecule has 0 radical (unpaired) electrons. The van der Waals surface area contributed by atoms with Crippen LogP contribution in [0.2, 0.25) is 10.0 Å². The molecule has 0 heterocycles. The van der Waals surface area contributed by atoms with Crippen molar-refractivity contribution in [1.29, 1.82) is 0 Å². The Morgan fingerprint density at radius 2 is 1.74 bits per heavy atom. The number of hydrogen-bond donors (Lipinski definition) is 0. The Labute approximate surface area is 124 Å². The first kappa shape index (κ1) is 16.1. The molecule has 0 saturated heterocycles. The summed E-state index contributed by atoms with van der Waals surface area (Å²) in [7, 11) is 0. The van der Waals surface area contributed by atoms with Crippen molar-refractivity contribution in [1.82, 2.24) is 0 Å². The average molecular weight is 304 g/mol. The number of anilines is 1. The van der Waals surface area contributed by atoms with E-state index in [2.05, 4.69) is 0 Å². The summed E-state index contributed by atoms with van der Waals surface area (Å²) in [4.78, 5) is 13.7. The average Bonchev–Trinajstić information content (AvgIpc) is 2.21. The van der Waals surface area contributed by atoms with Gasteiger partial charge in [-0.25, -0.2) is 4.79 Å². The fourth-order valence-corrected chi connectivity index (χ4v) is 2.08. The number of carbonyl (C=O) groups is 1. The van der Waals surface area contributed by atoms with E-state index in [4.69, 9.17) is 27.9 Å². The third-order valence-corrected chi connectivity index (χ3v) is 2.66. The van der Waals surface area contributed by atoms with Crippen LogP contribution >= 0.6 is 23.2 Å². The molecule has 0 aliphatic carbocycles. The second-order valence-corrected chi connectivity index (χ2v) is 6.13. The summed E-state index contributed by atoms with van der Waals surface area (Å²) in [5, 5.41) is 0.985. The maximum atomic E-state index is 12.2. The second-order valence-electron chi connectivity index (χ2n) is 5.26. The highest BCUT2D eigenvalue weighted by molar-refractivity contribution is 6.35. The molecule has 0 aliphatic heterocycles. The summed E-state index contributed by atoms with van der Waals surface area (Å²) in [5.74, 6) is 0. The molecule has 0 N–H and O–H groups in total. The molecule has 1 aromatic carbocycles. The topological polar surface area (TPSA) is 29.5 Å². The van der Waals surface area contributed by atoms with E-state index in [1.165, 1.54) is 0 Å². The Morgan fingerprint density at radius 1 is 1.21 bits per heavy atom. The van der Waals surface area contributed by atoms with Crippen molar-refractivity contribution in [2.24, 2.45) is 0 Å². The van der Waals surface area contributed by atoms with Crippen molar-refractivity contribution in [2.75, 3.05) is 11.4 Å². The molecule has 1 amide bonds. The van der Waals surface area contributed by atoms with Gasteiger partial charge in [-0.2, -0.15) is 0 Å². The van der Waals surface area contributed by atoms with Gasteiger partial charge < -0.3 is 4.74 Å². The summed E-state index contributed by atoms with van der Waals surface area (Å²) in [5.41, 5.74) is 0.111. The molecule has 0 aromatic heterocycles. The first-order valence-corrected chi connectivity index (χ1v) is 6.95. The fraction of sp³-hybridized carbons (Fsp3) is 0.500. The van der Waals surface area contributed by atoms with Gasteiger partial charge in [-0.15, -0.1) is 0 Å². The van der Waals surface area contributed by atoms with Gasteiger partial charge in [0.05, 0.1) is 0 Å². The number of amides is 1. The van der Waals surface area contributed by atoms with Crippen molar-refractivity contribution >= 4 is 35.0 Å². The van der Waals surface area contributed by atoms with Crippen LogP contribution in [-0.2, 0) is 4.74 Å². The van der Waals surface area contributed by atoms with Gasteiger partial charge in [-0.1, -0.05) is 30.1 Å². The number of ether oxygens (including phenoxy) is 1. The molecule has 0 atom stereocenters. The van der Waals surface area contributed by atoms with Crippen LogP contribution in [0.4, 0.5) is 10.5 Å². The Bertz CT molecular complexity index is 435. The third kappa shape index (κ3) is 5.29. The van der Waals surface area contributed by atoms with Crippen LogP contribution < -0.4 is 4.90 Å². The minimum atomic E-state index is -0.536. The maximum Gasteiger partial charge on any atom is 0.414 e. The van der Waals surface area contributed by atoms with Crippen molar-refractivity contribution in [3.8, 4) is 0 Å². The zero-order valence-electron chi connectivity index (χ0n) is 11.7. The molecule has 0 unspecified atom stereocenters. The molecule has 1 rings (SSSR count). The summed E-state index contributed by atoms with van der Waals surface area (Å²) < 4.78 is 5.39. The second kappa shape index (κ2) is 6.49. The first-order chi connectivity index (χ1) is 8.73. The number of benzene rings is 1. The Balaban J connectivity index is 3.02. The van der Waals surface area contributed by atoms with E-state index in [0.29, 0.717) is 22.3 Å². The molecule has 0 bridgehead atoms. The van der Waals surface area contributed by atoms with Gasteiger partial charge in [-0.3, -0.25) is 4.90 Å². The van der Waals surface area contributed by atoms with Crippen LogP contribution in [0.25, 0.3) is 0 Å². The number of hydrogen-bond acceptors (Lipinski definition) is 2. The standard InChI is InChI=1S/C14H19Cl2NO2/c1-5-6-17(13(18)19-14(2,3)4)12-8-10(15)7-11(16)9-12/h7-9H,5-6H2,1-4H3. The molecular formula is C14H19Cl2NO2. The monoisotopic (exact) mass is 303 g/mol. The largest absolute Gasteiger partial charge is 0.443 e. The molecule has 106 valence electrons. The van der Waals surface area contributed by atoms with Crippen LogP contribution in [0.1, 0.15) is 34.1 Å². The van der Waals surface area contributed by atoms with E-state index in [9.17, 15) is 4.79 Å². The smallest absolute Gasteiger partial charge is 0.414 e. The first-order valence-electron chi connectivity index (χ1n) is 6.19. The van der Waals surface area contributed by atoms with Gasteiger partial charge in [0.15, 0.2) is 0 Å². The minimum absolute atomic E-state index is 0.396. The summed E-state index contributed by atoms with van der Waals surface area (Å²) in [6.45, 7) is 8.04. The van der Waals surface area contributed by atoms with E-state index in [-0.39, 0.29) is 0 Å². The summed E-state index contributed by atoms with van der Waals surface area (Å²) in [6.07, 6.45) is 0.413. The van der Waals surface area contributed by atoms with Gasteiger partial charge in [0, 0.05) is 22.3 Å². The lowest BCUT2D eigenvalue weighted by atomic mass is 10.2. The third-order valence-electron chi connectivity index (χ3n) is 2.22. The summed E-state index contributed by atoms with van der Waals surface area (Å²) >= 11 is 11.9. The highest BCUT2D eigenvalue weighted by Crippen LogP contribution is 2.26. The van der Waals surface area contributed by atoms with Crippen LogP contribution in [0, 0.1) is 0 Å². The Kier molecular flexibility index (Phi) is 5.50. The zero-order chi connectivity index (χ0) is 14.6. The molecule has 0 aliphatic rings. The van der Waals surface area contributed by atoms with E-state index in [0.717, 1.165) is 6.42 Å². The number of halogens is 2. The van der Waals surface area contributed by atoms with Crippen LogP contribution in [0.5, 0.6) is 0 Å². The highest BCUT2D eigenvalue weighted by atomic mass is 35.5. The molecule has 0 fully saturated rings. The van der Waals surface area contributed by atoms with Crippen molar-refractivity contribution in [3.63, 3.8) is 0 Å². The van der Waals surface area contributed by atoms with Crippen LogP contribution in [0.15, 0.2) is 18.2 Å². The minimum Gasteiger partial charge on any atom is -0.443 e. The zero-order valence-corrected chi connectivity index (χ0v) is 13.2. The molecule has 3 nitrogen and oxygen atoms in total. The van der Waals surface area contributed by atoms with E-state index < -0.39 is 11.7 Å². The van der Waals surface area contributed by atoms with Gasteiger partial charge in [-0.05, 0) is 45.4 Å². The predicted octanol–water partition coefficient (Wildman–Crippen LogP) is 5.14. The quantitative estimate of drug-likeness (QED) is 0.773. The maximum absolute atomic E-state index is 12.2. The Hall–Kier alpha value is -0.930. The summed E-state index contributed by atoms with van der Waals surface area (Å²) in [6, 6.07) is 5.03. The van der Waals surface area contributed by atoms with Gasteiger partial charge in [0.25, 0.3) is 0 Å². The highest BCUT2D eigenvalue weighted by Gasteiger charge is 2.23. The van der Waals surface area contributed by atoms with Gasteiger partial charge in [0.1, 0.15) is 5.60 Å². The number of nitrogens with zero attached hydrogens (tertiary/aromatic N) is 1. The SMILES string of the molecule is CCCN(C(=O)OC(C)(C)C)c1cc(Cl)cc(Cl)c1. The molecule has 0 saturated carbocycles. The fourth-order valence-electron chi connectivity index (χ4n) is 1.56.